The fourth-order valence-corrected chi connectivity index (χ4v) is 3.13. The number of anilines is 1. The van der Waals surface area contributed by atoms with Crippen LogP contribution in [0.25, 0.3) is 16.7 Å². The summed E-state index contributed by atoms with van der Waals surface area (Å²) in [4.78, 5) is 19.9. The predicted octanol–water partition coefficient (Wildman–Crippen LogP) is 2.51. The number of esters is 1. The lowest BCUT2D eigenvalue weighted by Crippen LogP contribution is -2.19. The molecule has 10 nitrogen and oxygen atoms in total. The first-order chi connectivity index (χ1) is 16.1. The van der Waals surface area contributed by atoms with E-state index in [9.17, 15) is 18.7 Å². The Labute approximate surface area is 189 Å². The molecule has 0 saturated carbocycles. The van der Waals surface area contributed by atoms with Gasteiger partial charge in [0.2, 0.25) is 0 Å². The quantitative estimate of drug-likeness (QED) is 0.338. The summed E-state index contributed by atoms with van der Waals surface area (Å²) in [6.45, 7) is 1.30. The third-order valence-electron chi connectivity index (χ3n) is 4.81. The van der Waals surface area contributed by atoms with Gasteiger partial charge in [-0.1, -0.05) is 17.0 Å². The molecule has 0 bridgehead atoms. The van der Waals surface area contributed by atoms with Crippen LogP contribution in [0.2, 0.25) is 0 Å². The maximum absolute atomic E-state index is 15.1. The van der Waals surface area contributed by atoms with E-state index in [-0.39, 0.29) is 33.8 Å². The number of hydrogen-bond donors (Lipinski definition) is 2. The molecule has 0 unspecified atom stereocenters. The molecule has 34 heavy (non-hydrogen) atoms. The Morgan fingerprint density at radius 1 is 1.35 bits per heavy atom. The molecule has 0 saturated heterocycles. The van der Waals surface area contributed by atoms with Crippen LogP contribution in [0.5, 0.6) is 0 Å². The maximum Gasteiger partial charge on any atom is 0.340 e. The standard InChI is InChI=1S/C21H15F3N6O4/c1-21(32,13-4-6-34-29-13)5-3-10-7-11(8-12(15(10)22)20(31)33-2)30-19-14(16(28-30)17(23)24)18(25)26-9-27-19/h4,6-9,17,32H,1-2H3,(H2,25,26,27)/t21-/m1/s1. The molecule has 0 spiro atoms. The van der Waals surface area contributed by atoms with Crippen molar-refractivity contribution in [3.63, 3.8) is 0 Å². The second kappa shape index (κ2) is 8.49. The predicted molar refractivity (Wildman–Crippen MR) is 110 cm³/mol. The number of nitrogens with zero attached hydrogens (tertiary/aromatic N) is 5. The van der Waals surface area contributed by atoms with Crippen molar-refractivity contribution < 1.29 is 32.3 Å². The molecule has 3 N–H and O–H groups in total. The monoisotopic (exact) mass is 472 g/mol. The van der Waals surface area contributed by atoms with E-state index < -0.39 is 35.1 Å². The number of alkyl halides is 2. The van der Waals surface area contributed by atoms with Crippen molar-refractivity contribution in [1.29, 1.82) is 0 Å². The second-order valence-corrected chi connectivity index (χ2v) is 7.11. The number of halogens is 3. The molecule has 0 radical (unpaired) electrons. The topological polar surface area (TPSA) is 142 Å². The van der Waals surface area contributed by atoms with Crippen LogP contribution >= 0.6 is 0 Å². The highest BCUT2D eigenvalue weighted by Crippen LogP contribution is 2.31. The van der Waals surface area contributed by atoms with Crippen molar-refractivity contribution in [3.05, 3.63) is 59.1 Å². The summed E-state index contributed by atoms with van der Waals surface area (Å²) in [5.74, 6) is 2.56. The number of carbonyl (C=O) groups is 1. The molecular weight excluding hydrogens is 457 g/mol. The fraction of sp³-hybridized carbons (Fsp3) is 0.190. The van der Waals surface area contributed by atoms with Gasteiger partial charge < -0.3 is 20.1 Å². The normalized spacial score (nSPS) is 12.9. The molecule has 3 heterocycles. The lowest BCUT2D eigenvalue weighted by Gasteiger charge is -2.12. The van der Waals surface area contributed by atoms with Crippen molar-refractivity contribution in [2.24, 2.45) is 0 Å². The highest BCUT2D eigenvalue weighted by molar-refractivity contribution is 5.92. The Balaban J connectivity index is 1.95. The van der Waals surface area contributed by atoms with Gasteiger partial charge in [-0.05, 0) is 19.1 Å². The molecular formula is C21H15F3N6O4. The number of nitrogens with two attached hydrogens (primary N) is 1. The minimum absolute atomic E-state index is 0.0396. The van der Waals surface area contributed by atoms with E-state index in [4.69, 9.17) is 5.73 Å². The van der Waals surface area contributed by atoms with Gasteiger partial charge in [-0.2, -0.15) is 5.10 Å². The lowest BCUT2D eigenvalue weighted by atomic mass is 10.0. The van der Waals surface area contributed by atoms with Gasteiger partial charge in [-0.15, -0.1) is 0 Å². The third kappa shape index (κ3) is 3.90. The van der Waals surface area contributed by atoms with E-state index in [2.05, 4.69) is 41.3 Å². The summed E-state index contributed by atoms with van der Waals surface area (Å²) in [5.41, 5.74) is 2.25. The molecule has 0 aliphatic heterocycles. The van der Waals surface area contributed by atoms with E-state index in [1.54, 1.807) is 0 Å². The van der Waals surface area contributed by atoms with E-state index in [0.717, 1.165) is 30.3 Å². The number of nitrogen functional groups attached to an aromatic ring is 1. The number of fused-ring (bicyclic) bond motifs is 1. The Morgan fingerprint density at radius 2 is 2.12 bits per heavy atom. The SMILES string of the molecule is COC(=O)c1cc(-n2nc(C(F)F)c3c(N)ncnc32)cc(C#C[C@@](C)(O)c2ccon2)c1F. The molecule has 0 aliphatic rings. The molecule has 3 aromatic heterocycles. The van der Waals surface area contributed by atoms with Crippen LogP contribution in [0.15, 0.2) is 35.3 Å². The molecule has 0 fully saturated rings. The number of methoxy groups -OCH3 is 1. The molecule has 0 aliphatic carbocycles. The summed E-state index contributed by atoms with van der Waals surface area (Å²) in [7, 11) is 1.04. The lowest BCUT2D eigenvalue weighted by molar-refractivity contribution is 0.0595. The number of aliphatic hydroxyl groups is 1. The van der Waals surface area contributed by atoms with Gasteiger partial charge in [0.1, 0.15) is 29.8 Å². The van der Waals surface area contributed by atoms with Gasteiger partial charge in [0, 0.05) is 6.07 Å². The maximum atomic E-state index is 15.1. The zero-order valence-corrected chi connectivity index (χ0v) is 17.6. The van der Waals surface area contributed by atoms with E-state index in [1.165, 1.54) is 19.3 Å². The fourth-order valence-electron chi connectivity index (χ4n) is 3.13. The van der Waals surface area contributed by atoms with Crippen LogP contribution in [0.1, 0.15) is 40.7 Å². The summed E-state index contributed by atoms with van der Waals surface area (Å²) < 4.78 is 52.6. The summed E-state index contributed by atoms with van der Waals surface area (Å²) in [6, 6.07) is 3.56. The first kappa shape index (κ1) is 22.7. The van der Waals surface area contributed by atoms with Crippen LogP contribution in [0.4, 0.5) is 19.0 Å². The summed E-state index contributed by atoms with van der Waals surface area (Å²) in [5, 5.41) is 17.8. The number of benzene rings is 1. The Kier molecular flexibility index (Phi) is 5.68. The Hall–Kier alpha value is -4.44. The number of hydrogen-bond acceptors (Lipinski definition) is 9. The highest BCUT2D eigenvalue weighted by Gasteiger charge is 2.26. The molecule has 1 atom stereocenters. The minimum atomic E-state index is -3.02. The number of rotatable bonds is 4. The van der Waals surface area contributed by atoms with Crippen LogP contribution in [-0.4, -0.2) is 43.1 Å². The van der Waals surface area contributed by atoms with Crippen LogP contribution < -0.4 is 5.73 Å². The molecule has 13 heteroatoms. The second-order valence-electron chi connectivity index (χ2n) is 7.11. The zero-order chi connectivity index (χ0) is 24.6. The van der Waals surface area contributed by atoms with Crippen molar-refractivity contribution in [3.8, 4) is 17.5 Å². The Morgan fingerprint density at radius 3 is 2.76 bits per heavy atom. The first-order valence-corrected chi connectivity index (χ1v) is 9.50. The number of aromatic nitrogens is 5. The summed E-state index contributed by atoms with van der Waals surface area (Å²) in [6.07, 6.45) is -0.751. The van der Waals surface area contributed by atoms with E-state index in [0.29, 0.717) is 0 Å². The van der Waals surface area contributed by atoms with Gasteiger partial charge in [-0.3, -0.25) is 0 Å². The van der Waals surface area contributed by atoms with Crippen molar-refractivity contribution in [2.45, 2.75) is 19.0 Å². The highest BCUT2D eigenvalue weighted by atomic mass is 19.3. The molecule has 0 amide bonds. The minimum Gasteiger partial charge on any atom is -0.465 e. The Bertz CT molecular complexity index is 1450. The van der Waals surface area contributed by atoms with Crippen LogP contribution in [-0.2, 0) is 10.3 Å². The largest absolute Gasteiger partial charge is 0.465 e. The van der Waals surface area contributed by atoms with E-state index in [1.807, 2.05) is 0 Å². The van der Waals surface area contributed by atoms with Crippen molar-refractivity contribution in [1.82, 2.24) is 24.9 Å². The van der Waals surface area contributed by atoms with E-state index >= 15 is 4.39 Å². The van der Waals surface area contributed by atoms with Crippen molar-refractivity contribution in [2.75, 3.05) is 12.8 Å². The number of carbonyl (C=O) groups excluding carboxylic acids is 1. The first-order valence-electron chi connectivity index (χ1n) is 9.50. The van der Waals surface area contributed by atoms with Crippen LogP contribution in [0, 0.1) is 17.7 Å². The van der Waals surface area contributed by atoms with Crippen molar-refractivity contribution >= 4 is 22.8 Å². The summed E-state index contributed by atoms with van der Waals surface area (Å²) >= 11 is 0. The average Bonchev–Trinajstić information content (AvgIpc) is 3.47. The van der Waals surface area contributed by atoms with Crippen LogP contribution in [0.3, 0.4) is 0 Å². The van der Waals surface area contributed by atoms with Gasteiger partial charge >= 0.3 is 5.97 Å². The van der Waals surface area contributed by atoms with Gasteiger partial charge in [0.25, 0.3) is 6.43 Å². The van der Waals surface area contributed by atoms with Gasteiger partial charge in [0.05, 0.1) is 29.3 Å². The number of ether oxygens (including phenoxy) is 1. The molecule has 174 valence electrons. The molecule has 1 aromatic carbocycles. The smallest absolute Gasteiger partial charge is 0.340 e. The van der Waals surface area contributed by atoms with Gasteiger partial charge in [0.15, 0.2) is 17.1 Å². The van der Waals surface area contributed by atoms with Gasteiger partial charge in [-0.25, -0.2) is 32.6 Å². The zero-order valence-electron chi connectivity index (χ0n) is 17.6. The third-order valence-corrected chi connectivity index (χ3v) is 4.81. The molecule has 4 rings (SSSR count). The molecule has 4 aromatic rings. The average molecular weight is 472 g/mol.